The van der Waals surface area contributed by atoms with Crippen molar-refractivity contribution in [1.29, 1.82) is 0 Å². The van der Waals surface area contributed by atoms with Gasteiger partial charge in [-0.15, -0.1) is 0 Å². The van der Waals surface area contributed by atoms with Crippen LogP contribution < -0.4 is 10.1 Å². The first-order chi connectivity index (χ1) is 9.86. The number of hydrogen-bond donors (Lipinski definition) is 1. The van der Waals surface area contributed by atoms with E-state index in [0.29, 0.717) is 12.4 Å². The van der Waals surface area contributed by atoms with Crippen molar-refractivity contribution in [1.82, 2.24) is 15.0 Å². The topological polar surface area (TPSA) is 59.9 Å². The summed E-state index contributed by atoms with van der Waals surface area (Å²) in [4.78, 5) is 12.6. The van der Waals surface area contributed by atoms with Crippen molar-refractivity contribution >= 4 is 16.7 Å². The fourth-order valence-corrected chi connectivity index (χ4v) is 2.00. The Kier molecular flexibility index (Phi) is 3.41. The number of para-hydroxylation sites is 1. The van der Waals surface area contributed by atoms with Gasteiger partial charge in [0.15, 0.2) is 0 Å². The van der Waals surface area contributed by atoms with Gasteiger partial charge in [0.25, 0.3) is 0 Å². The molecule has 3 rings (SSSR count). The molecule has 0 saturated heterocycles. The third kappa shape index (κ3) is 2.51. The second-order valence-electron chi connectivity index (χ2n) is 4.30. The van der Waals surface area contributed by atoms with Crippen LogP contribution in [0.25, 0.3) is 10.9 Å². The lowest BCUT2D eigenvalue weighted by Gasteiger charge is -2.08. The van der Waals surface area contributed by atoms with Crippen molar-refractivity contribution in [2.45, 2.75) is 6.54 Å². The van der Waals surface area contributed by atoms with Crippen LogP contribution in [0.15, 0.2) is 48.9 Å². The lowest BCUT2D eigenvalue weighted by molar-refractivity contribution is 0.397. The third-order valence-electron chi connectivity index (χ3n) is 3.01. The van der Waals surface area contributed by atoms with Crippen molar-refractivity contribution in [2.24, 2.45) is 0 Å². The molecule has 0 amide bonds. The van der Waals surface area contributed by atoms with Gasteiger partial charge in [0, 0.05) is 24.2 Å². The summed E-state index contributed by atoms with van der Waals surface area (Å²) in [5.74, 6) is 1.43. The van der Waals surface area contributed by atoms with E-state index < -0.39 is 0 Å². The molecular weight excluding hydrogens is 252 g/mol. The van der Waals surface area contributed by atoms with Gasteiger partial charge in [-0.2, -0.15) is 0 Å². The van der Waals surface area contributed by atoms with Crippen LogP contribution >= 0.6 is 0 Å². The van der Waals surface area contributed by atoms with Crippen molar-refractivity contribution in [3.8, 4) is 5.88 Å². The molecule has 0 aliphatic heterocycles. The zero-order valence-corrected chi connectivity index (χ0v) is 11.1. The minimum atomic E-state index is 0.608. The average Bonchev–Trinajstić information content (AvgIpc) is 2.53. The van der Waals surface area contributed by atoms with Crippen LogP contribution in [0.5, 0.6) is 5.88 Å². The number of aromatic nitrogens is 3. The van der Waals surface area contributed by atoms with Crippen molar-refractivity contribution in [3.05, 3.63) is 54.5 Å². The van der Waals surface area contributed by atoms with Crippen LogP contribution in [-0.2, 0) is 6.54 Å². The van der Waals surface area contributed by atoms with Crippen LogP contribution in [0.1, 0.15) is 5.56 Å². The zero-order valence-electron chi connectivity index (χ0n) is 11.1. The Morgan fingerprint density at radius 1 is 1.10 bits per heavy atom. The van der Waals surface area contributed by atoms with E-state index in [-0.39, 0.29) is 0 Å². The molecule has 0 fully saturated rings. The maximum atomic E-state index is 5.11. The number of hydrogen-bond acceptors (Lipinski definition) is 5. The highest BCUT2D eigenvalue weighted by molar-refractivity contribution is 5.88. The van der Waals surface area contributed by atoms with E-state index in [9.17, 15) is 0 Å². The Morgan fingerprint density at radius 3 is 2.90 bits per heavy atom. The van der Waals surface area contributed by atoms with Gasteiger partial charge < -0.3 is 10.1 Å². The Morgan fingerprint density at radius 2 is 2.00 bits per heavy atom. The molecule has 3 aromatic rings. The largest absolute Gasteiger partial charge is 0.481 e. The minimum Gasteiger partial charge on any atom is -0.481 e. The van der Waals surface area contributed by atoms with Crippen molar-refractivity contribution < 1.29 is 4.74 Å². The van der Waals surface area contributed by atoms with Gasteiger partial charge in [0.05, 0.1) is 12.6 Å². The number of rotatable bonds is 4. The summed E-state index contributed by atoms with van der Waals surface area (Å²) >= 11 is 0. The molecule has 100 valence electrons. The van der Waals surface area contributed by atoms with Crippen LogP contribution in [0, 0.1) is 0 Å². The molecular formula is C15H14N4O. The molecule has 0 saturated carbocycles. The lowest BCUT2D eigenvalue weighted by Crippen LogP contribution is -2.03. The first-order valence-electron chi connectivity index (χ1n) is 6.29. The lowest BCUT2D eigenvalue weighted by atomic mass is 10.2. The first kappa shape index (κ1) is 12.3. The number of anilines is 1. The van der Waals surface area contributed by atoms with Crippen LogP contribution in [0.2, 0.25) is 0 Å². The number of methoxy groups -OCH3 is 1. The molecule has 0 unspecified atom stereocenters. The molecule has 0 spiro atoms. The monoisotopic (exact) mass is 266 g/mol. The standard InChI is InChI=1S/C15H14N4O/c1-20-14-8-11(6-7-16-14)9-17-15-12-4-2-3-5-13(12)18-10-19-15/h2-8,10H,9H2,1H3,(H,17,18,19). The van der Waals surface area contributed by atoms with Gasteiger partial charge in [-0.3, -0.25) is 0 Å². The minimum absolute atomic E-state index is 0.608. The van der Waals surface area contributed by atoms with Gasteiger partial charge in [0.2, 0.25) is 5.88 Å². The van der Waals surface area contributed by atoms with E-state index in [1.54, 1.807) is 19.6 Å². The molecule has 0 aliphatic carbocycles. The van der Waals surface area contributed by atoms with Gasteiger partial charge in [-0.05, 0) is 23.8 Å². The summed E-state index contributed by atoms with van der Waals surface area (Å²) in [7, 11) is 1.61. The second-order valence-corrected chi connectivity index (χ2v) is 4.30. The van der Waals surface area contributed by atoms with E-state index in [4.69, 9.17) is 4.74 Å². The highest BCUT2D eigenvalue weighted by Crippen LogP contribution is 2.19. The normalized spacial score (nSPS) is 10.4. The summed E-state index contributed by atoms with van der Waals surface area (Å²) in [6.45, 7) is 0.653. The highest BCUT2D eigenvalue weighted by atomic mass is 16.5. The van der Waals surface area contributed by atoms with Gasteiger partial charge >= 0.3 is 0 Å². The SMILES string of the molecule is COc1cc(CNc2ncnc3ccccc23)ccn1. The Bertz CT molecular complexity index is 724. The number of fused-ring (bicyclic) bond motifs is 1. The van der Waals surface area contributed by atoms with Crippen LogP contribution in [-0.4, -0.2) is 22.1 Å². The number of benzene rings is 1. The summed E-state index contributed by atoms with van der Waals surface area (Å²) in [6, 6.07) is 11.8. The molecule has 0 radical (unpaired) electrons. The Hall–Kier alpha value is -2.69. The van der Waals surface area contributed by atoms with Gasteiger partial charge in [0.1, 0.15) is 12.1 Å². The molecule has 2 heterocycles. The highest BCUT2D eigenvalue weighted by Gasteiger charge is 2.03. The van der Waals surface area contributed by atoms with E-state index in [1.165, 1.54) is 0 Å². The Balaban J connectivity index is 1.83. The Labute approximate surface area is 116 Å². The van der Waals surface area contributed by atoms with Gasteiger partial charge in [-0.1, -0.05) is 12.1 Å². The quantitative estimate of drug-likeness (QED) is 0.786. The summed E-state index contributed by atoms with van der Waals surface area (Å²) in [6.07, 6.45) is 3.30. The summed E-state index contributed by atoms with van der Waals surface area (Å²) < 4.78 is 5.11. The molecule has 0 aliphatic rings. The predicted molar refractivity (Wildman–Crippen MR) is 77.7 cm³/mol. The third-order valence-corrected chi connectivity index (χ3v) is 3.01. The number of pyridine rings is 1. The fraction of sp³-hybridized carbons (Fsp3) is 0.133. The van der Waals surface area contributed by atoms with E-state index in [1.807, 2.05) is 36.4 Å². The van der Waals surface area contributed by atoms with Crippen LogP contribution in [0.4, 0.5) is 5.82 Å². The maximum Gasteiger partial charge on any atom is 0.213 e. The van der Waals surface area contributed by atoms with Gasteiger partial charge in [-0.25, -0.2) is 15.0 Å². The van der Waals surface area contributed by atoms with Crippen LogP contribution in [0.3, 0.4) is 0 Å². The molecule has 0 bridgehead atoms. The smallest absolute Gasteiger partial charge is 0.213 e. The van der Waals surface area contributed by atoms with E-state index >= 15 is 0 Å². The number of nitrogens with one attached hydrogen (secondary N) is 1. The first-order valence-corrected chi connectivity index (χ1v) is 6.29. The molecule has 20 heavy (non-hydrogen) atoms. The predicted octanol–water partition coefficient (Wildman–Crippen LogP) is 2.65. The number of nitrogens with zero attached hydrogens (tertiary/aromatic N) is 3. The van der Waals surface area contributed by atoms with Crippen molar-refractivity contribution in [3.63, 3.8) is 0 Å². The molecule has 5 nitrogen and oxygen atoms in total. The molecule has 2 aromatic heterocycles. The average molecular weight is 266 g/mol. The molecule has 0 atom stereocenters. The zero-order chi connectivity index (χ0) is 13.8. The summed E-state index contributed by atoms with van der Waals surface area (Å²) in [5.41, 5.74) is 2.01. The summed E-state index contributed by atoms with van der Waals surface area (Å²) in [5, 5.41) is 4.33. The molecule has 1 N–H and O–H groups in total. The molecule has 1 aromatic carbocycles. The molecule has 5 heteroatoms. The number of ether oxygens (including phenoxy) is 1. The van der Waals surface area contributed by atoms with E-state index in [2.05, 4.69) is 20.3 Å². The van der Waals surface area contributed by atoms with Crippen molar-refractivity contribution in [2.75, 3.05) is 12.4 Å². The van der Waals surface area contributed by atoms with E-state index in [0.717, 1.165) is 22.3 Å². The maximum absolute atomic E-state index is 5.11. The second kappa shape index (κ2) is 5.52. The fourth-order valence-electron chi connectivity index (χ4n) is 2.00.